The first kappa shape index (κ1) is 14.6. The van der Waals surface area contributed by atoms with Gasteiger partial charge in [-0.1, -0.05) is 0 Å². The van der Waals surface area contributed by atoms with E-state index >= 15 is 0 Å². The molecule has 1 aromatic heterocycles. The van der Waals surface area contributed by atoms with E-state index in [1.165, 1.54) is 24.9 Å². The van der Waals surface area contributed by atoms with Gasteiger partial charge in [0.05, 0.1) is 34.4 Å². The van der Waals surface area contributed by atoms with Gasteiger partial charge in [-0.2, -0.15) is 0 Å². The quantitative estimate of drug-likeness (QED) is 0.862. The maximum Gasteiger partial charge on any atom is 0.139 e. The largest absolute Gasteiger partial charge is 0.378 e. The van der Waals surface area contributed by atoms with Crippen molar-refractivity contribution >= 4 is 17.3 Å². The highest BCUT2D eigenvalue weighted by Crippen LogP contribution is 2.29. The third kappa shape index (κ3) is 3.47. The molecule has 1 aliphatic carbocycles. The minimum Gasteiger partial charge on any atom is -0.378 e. The molecule has 21 heavy (non-hydrogen) atoms. The Kier molecular flexibility index (Phi) is 4.04. The van der Waals surface area contributed by atoms with Crippen molar-refractivity contribution in [1.29, 1.82) is 0 Å². The molecule has 0 bridgehead atoms. The zero-order valence-corrected chi connectivity index (χ0v) is 13.4. The van der Waals surface area contributed by atoms with Crippen LogP contribution < -0.4 is 14.7 Å². The van der Waals surface area contributed by atoms with Crippen LogP contribution in [0.5, 0.6) is 0 Å². The topological polar surface area (TPSA) is 37.4 Å². The van der Waals surface area contributed by atoms with Crippen molar-refractivity contribution < 1.29 is 4.74 Å². The molecule has 2 fully saturated rings. The molecule has 1 aliphatic heterocycles. The molecule has 0 spiro atoms. The van der Waals surface area contributed by atoms with E-state index in [2.05, 4.69) is 43.5 Å². The van der Waals surface area contributed by atoms with Crippen molar-refractivity contribution in [3.05, 3.63) is 12.1 Å². The van der Waals surface area contributed by atoms with Gasteiger partial charge in [-0.05, 0) is 19.3 Å². The number of anilines is 2. The van der Waals surface area contributed by atoms with Gasteiger partial charge in [0, 0.05) is 31.3 Å². The number of hydrogen-bond donors (Lipinski definition) is 1. The van der Waals surface area contributed by atoms with Crippen LogP contribution in [0.2, 0.25) is 0 Å². The fraction of sp³-hybridized carbons (Fsp3) is 0.688. The monoisotopic (exact) mass is 291 g/mol. The predicted molar refractivity (Wildman–Crippen MR) is 88.1 cm³/mol. The summed E-state index contributed by atoms with van der Waals surface area (Å²) in [6.07, 6.45) is 3.87. The zero-order valence-electron chi connectivity index (χ0n) is 13.4. The lowest BCUT2D eigenvalue weighted by atomic mass is 9.93. The first-order valence-corrected chi connectivity index (χ1v) is 7.96. The number of pyridine rings is 1. The Balaban J connectivity index is 1.87. The van der Waals surface area contributed by atoms with E-state index in [-0.39, 0.29) is 0 Å². The number of hydrogen-bond acceptors (Lipinski definition) is 4. The van der Waals surface area contributed by atoms with Gasteiger partial charge in [0.2, 0.25) is 0 Å². The van der Waals surface area contributed by atoms with Gasteiger partial charge in [0.15, 0.2) is 0 Å². The van der Waals surface area contributed by atoms with Crippen LogP contribution in [0.3, 0.4) is 0 Å². The maximum atomic E-state index is 5.45. The Labute approximate surface area is 127 Å². The summed E-state index contributed by atoms with van der Waals surface area (Å²) >= 11 is 0. The highest BCUT2D eigenvalue weighted by Gasteiger charge is 2.22. The Bertz CT molecular complexity index is 488. The smallest absolute Gasteiger partial charge is 0.139 e. The lowest BCUT2D eigenvalue weighted by molar-refractivity contribution is 0.122. The van der Waals surface area contributed by atoms with Crippen LogP contribution in [0.25, 0.3) is 0 Å². The Morgan fingerprint density at radius 2 is 1.90 bits per heavy atom. The van der Waals surface area contributed by atoms with Crippen molar-refractivity contribution in [2.24, 2.45) is 0 Å². The molecule has 0 amide bonds. The van der Waals surface area contributed by atoms with Crippen LogP contribution in [-0.4, -0.2) is 58.5 Å². The highest BCUT2D eigenvalue weighted by atomic mass is 16.5. The normalized spacial score (nSPS) is 20.2. The molecule has 1 aromatic rings. The van der Waals surface area contributed by atoms with E-state index in [4.69, 9.17) is 9.72 Å². The number of ether oxygens (including phenoxy) is 1. The molecule has 1 N–H and O–H groups in total. The summed E-state index contributed by atoms with van der Waals surface area (Å²) < 4.78 is 6.26. The Morgan fingerprint density at radius 3 is 2.48 bits per heavy atom. The molecule has 5 nitrogen and oxygen atoms in total. The number of morpholine rings is 1. The van der Waals surface area contributed by atoms with Crippen molar-refractivity contribution in [3.8, 4) is 0 Å². The molecule has 2 aliphatic rings. The number of aromatic nitrogens is 1. The minimum atomic E-state index is 0.609. The predicted octanol–water partition coefficient (Wildman–Crippen LogP) is 2.08. The van der Waals surface area contributed by atoms with Crippen LogP contribution >= 0.6 is 0 Å². The second-order valence-corrected chi connectivity index (χ2v) is 6.95. The van der Waals surface area contributed by atoms with Crippen molar-refractivity contribution in [3.63, 3.8) is 0 Å². The number of nitrogens with zero attached hydrogens (tertiary/aromatic N) is 3. The average Bonchev–Trinajstić information content (AvgIpc) is 2.43. The summed E-state index contributed by atoms with van der Waals surface area (Å²) in [6, 6.07) is 5.03. The van der Waals surface area contributed by atoms with E-state index in [0.29, 0.717) is 6.04 Å². The van der Waals surface area contributed by atoms with E-state index in [1.54, 1.807) is 0 Å². The fourth-order valence-electron chi connectivity index (χ4n) is 2.68. The Hall–Kier alpha value is -1.33. The maximum absolute atomic E-state index is 5.45. The molecular weight excluding hydrogens is 264 g/mol. The van der Waals surface area contributed by atoms with Gasteiger partial charge in [-0.3, -0.25) is 4.48 Å². The molecular formula is C16H27N4O+. The standard InChI is InChI=1S/C16H27N4O/c1-20(2,3)14-11-15(17-13-5-4-6-13)18-16(12-14)19-7-9-21-10-8-19/h11-13H,4-10H2,1-3H3,(H,17,18)/q+1. The minimum absolute atomic E-state index is 0.609. The first-order chi connectivity index (χ1) is 10.0. The van der Waals surface area contributed by atoms with Gasteiger partial charge in [-0.15, -0.1) is 0 Å². The van der Waals surface area contributed by atoms with Crippen LogP contribution in [0.4, 0.5) is 17.3 Å². The summed E-state index contributed by atoms with van der Waals surface area (Å²) in [5.74, 6) is 2.09. The molecule has 1 saturated carbocycles. The van der Waals surface area contributed by atoms with E-state index in [0.717, 1.165) is 42.4 Å². The van der Waals surface area contributed by atoms with Crippen molar-refractivity contribution in [2.75, 3.05) is 57.7 Å². The van der Waals surface area contributed by atoms with Gasteiger partial charge in [-0.25, -0.2) is 4.98 Å². The molecule has 0 unspecified atom stereocenters. The molecule has 0 aromatic carbocycles. The molecule has 0 radical (unpaired) electrons. The molecule has 0 atom stereocenters. The lowest BCUT2D eigenvalue weighted by Gasteiger charge is -2.32. The van der Waals surface area contributed by atoms with Gasteiger partial charge < -0.3 is 15.0 Å². The van der Waals surface area contributed by atoms with Crippen LogP contribution in [0.1, 0.15) is 19.3 Å². The lowest BCUT2D eigenvalue weighted by Crippen LogP contribution is -2.38. The van der Waals surface area contributed by atoms with Gasteiger partial charge >= 0.3 is 0 Å². The van der Waals surface area contributed by atoms with E-state index in [1.807, 2.05) is 0 Å². The van der Waals surface area contributed by atoms with Crippen molar-refractivity contribution in [2.45, 2.75) is 25.3 Å². The average molecular weight is 291 g/mol. The second kappa shape index (κ2) is 5.81. The molecule has 2 heterocycles. The van der Waals surface area contributed by atoms with Crippen LogP contribution in [0, 0.1) is 0 Å². The molecule has 5 heteroatoms. The van der Waals surface area contributed by atoms with E-state index in [9.17, 15) is 0 Å². The SMILES string of the molecule is C[N+](C)(C)c1cc(NC2CCC2)nc(N2CCOCC2)c1. The Morgan fingerprint density at radius 1 is 1.19 bits per heavy atom. The molecule has 3 rings (SSSR count). The third-order valence-electron chi connectivity index (χ3n) is 4.36. The zero-order chi connectivity index (χ0) is 14.9. The second-order valence-electron chi connectivity index (χ2n) is 6.95. The number of rotatable bonds is 4. The highest BCUT2D eigenvalue weighted by molar-refractivity contribution is 5.60. The summed E-state index contributed by atoms with van der Waals surface area (Å²) in [5, 5.41) is 3.59. The van der Waals surface area contributed by atoms with Gasteiger partial charge in [0.1, 0.15) is 17.3 Å². The molecule has 116 valence electrons. The number of nitrogens with one attached hydrogen (secondary N) is 1. The van der Waals surface area contributed by atoms with E-state index < -0.39 is 0 Å². The third-order valence-corrected chi connectivity index (χ3v) is 4.36. The van der Waals surface area contributed by atoms with Crippen LogP contribution in [-0.2, 0) is 4.74 Å². The van der Waals surface area contributed by atoms with Gasteiger partial charge in [0.25, 0.3) is 0 Å². The summed E-state index contributed by atoms with van der Waals surface area (Å²) in [6.45, 7) is 3.44. The molecule has 1 saturated heterocycles. The number of quaternary nitrogens is 1. The van der Waals surface area contributed by atoms with Crippen LogP contribution in [0.15, 0.2) is 12.1 Å². The first-order valence-electron chi connectivity index (χ1n) is 7.96. The van der Waals surface area contributed by atoms with Crippen molar-refractivity contribution in [1.82, 2.24) is 9.47 Å². The fourth-order valence-corrected chi connectivity index (χ4v) is 2.68. The summed E-state index contributed by atoms with van der Waals surface area (Å²) in [7, 11) is 6.60. The summed E-state index contributed by atoms with van der Waals surface area (Å²) in [5.41, 5.74) is 1.29. The summed E-state index contributed by atoms with van der Waals surface area (Å²) in [4.78, 5) is 7.17.